The number of halogens is 1. The fourth-order valence-corrected chi connectivity index (χ4v) is 3.56. The number of fused-ring (bicyclic) bond motifs is 1. The van der Waals surface area contributed by atoms with Crippen LogP contribution >= 0.6 is 11.6 Å². The van der Waals surface area contributed by atoms with E-state index in [9.17, 15) is 4.79 Å². The number of urea groups is 1. The van der Waals surface area contributed by atoms with Gasteiger partial charge in [0, 0.05) is 30.6 Å². The van der Waals surface area contributed by atoms with Crippen molar-refractivity contribution in [2.45, 2.75) is 32.2 Å². The number of nitrogens with zero attached hydrogens (tertiary/aromatic N) is 3. The summed E-state index contributed by atoms with van der Waals surface area (Å²) < 4.78 is 5.35. The molecule has 7 nitrogen and oxygen atoms in total. The Morgan fingerprint density at radius 3 is 3.15 bits per heavy atom. The summed E-state index contributed by atoms with van der Waals surface area (Å²) in [6, 6.07) is 7.32. The average Bonchev–Trinajstić information content (AvgIpc) is 3.32. The van der Waals surface area contributed by atoms with Crippen LogP contribution < -0.4 is 5.32 Å². The quantitative estimate of drug-likeness (QED) is 0.731. The van der Waals surface area contributed by atoms with Crippen LogP contribution in [0.3, 0.4) is 0 Å². The lowest BCUT2D eigenvalue weighted by atomic mass is 10.1. The van der Waals surface area contributed by atoms with Gasteiger partial charge in [0.2, 0.25) is 0 Å². The summed E-state index contributed by atoms with van der Waals surface area (Å²) in [4.78, 5) is 22.1. The monoisotopic (exact) mass is 373 g/mol. The molecule has 0 saturated carbocycles. The van der Waals surface area contributed by atoms with Crippen LogP contribution in [0.4, 0.5) is 4.79 Å². The minimum Gasteiger partial charge on any atom is -0.359 e. The first kappa shape index (κ1) is 16.9. The Labute approximate surface area is 155 Å². The number of imidazole rings is 1. The molecular formula is C18H20ClN5O2. The van der Waals surface area contributed by atoms with E-state index in [-0.39, 0.29) is 12.1 Å². The summed E-state index contributed by atoms with van der Waals surface area (Å²) >= 11 is 5.99. The Kier molecular flexibility index (Phi) is 4.55. The number of nitrogens with one attached hydrogen (secondary N) is 2. The van der Waals surface area contributed by atoms with Crippen LogP contribution in [0.1, 0.15) is 36.2 Å². The highest BCUT2D eigenvalue weighted by Gasteiger charge is 2.32. The normalized spacial score (nSPS) is 17.2. The van der Waals surface area contributed by atoms with Crippen LogP contribution in [-0.4, -0.2) is 39.1 Å². The second-order valence-electron chi connectivity index (χ2n) is 6.55. The Morgan fingerprint density at radius 1 is 1.46 bits per heavy atom. The minimum absolute atomic E-state index is 0.0375. The average molecular weight is 374 g/mol. The molecule has 0 aliphatic carbocycles. The lowest BCUT2D eigenvalue weighted by Gasteiger charge is -2.22. The molecule has 1 atom stereocenters. The number of rotatable bonds is 4. The van der Waals surface area contributed by atoms with E-state index in [1.165, 1.54) is 0 Å². The summed E-state index contributed by atoms with van der Waals surface area (Å²) in [6.45, 7) is 3.11. The summed E-state index contributed by atoms with van der Waals surface area (Å²) in [5.74, 6) is 1.58. The molecule has 0 radical (unpaired) electrons. The molecule has 2 aromatic heterocycles. The molecule has 0 spiro atoms. The van der Waals surface area contributed by atoms with Crippen LogP contribution in [-0.2, 0) is 6.42 Å². The van der Waals surface area contributed by atoms with Gasteiger partial charge in [-0.2, -0.15) is 0 Å². The zero-order valence-corrected chi connectivity index (χ0v) is 15.2. The molecule has 1 aromatic carbocycles. The minimum atomic E-state index is -0.0827. The lowest BCUT2D eigenvalue weighted by Crippen LogP contribution is -2.40. The van der Waals surface area contributed by atoms with Crippen molar-refractivity contribution in [2.24, 2.45) is 0 Å². The molecule has 136 valence electrons. The van der Waals surface area contributed by atoms with Crippen molar-refractivity contribution < 1.29 is 9.32 Å². The lowest BCUT2D eigenvalue weighted by molar-refractivity contribution is 0.182. The Hall–Kier alpha value is -2.54. The highest BCUT2D eigenvalue weighted by atomic mass is 35.5. The van der Waals surface area contributed by atoms with Gasteiger partial charge in [0.05, 0.1) is 22.8 Å². The molecule has 3 aromatic rings. The van der Waals surface area contributed by atoms with Gasteiger partial charge in [-0.1, -0.05) is 16.8 Å². The summed E-state index contributed by atoms with van der Waals surface area (Å²) in [5, 5.41) is 7.57. The molecule has 0 bridgehead atoms. The van der Waals surface area contributed by atoms with Gasteiger partial charge < -0.3 is 19.7 Å². The van der Waals surface area contributed by atoms with Crippen molar-refractivity contribution in [2.75, 3.05) is 13.1 Å². The number of aromatic amines is 1. The largest absolute Gasteiger partial charge is 0.359 e. The van der Waals surface area contributed by atoms with Crippen LogP contribution in [0.15, 0.2) is 28.8 Å². The molecular weight excluding hydrogens is 354 g/mol. The molecule has 26 heavy (non-hydrogen) atoms. The van der Waals surface area contributed by atoms with E-state index < -0.39 is 0 Å². The third-order valence-electron chi connectivity index (χ3n) is 4.62. The van der Waals surface area contributed by atoms with Crippen LogP contribution in [0.2, 0.25) is 5.02 Å². The molecule has 4 rings (SSSR count). The summed E-state index contributed by atoms with van der Waals surface area (Å²) in [6.07, 6.45) is 2.48. The molecule has 2 amide bonds. The van der Waals surface area contributed by atoms with Gasteiger partial charge in [0.15, 0.2) is 5.76 Å². The maximum absolute atomic E-state index is 12.5. The zero-order chi connectivity index (χ0) is 18.1. The Bertz CT molecular complexity index is 935. The molecule has 1 aliphatic heterocycles. The maximum atomic E-state index is 12.5. The SMILES string of the molecule is Cc1cc([C@H]2CCCN2C(=O)NCCc2nc3ccc(Cl)cc3[nH]2)on1. The van der Waals surface area contributed by atoms with Crippen molar-refractivity contribution in [1.82, 2.24) is 25.3 Å². The van der Waals surface area contributed by atoms with E-state index in [0.717, 1.165) is 47.7 Å². The van der Waals surface area contributed by atoms with Crippen molar-refractivity contribution in [3.63, 3.8) is 0 Å². The van der Waals surface area contributed by atoms with E-state index in [1.807, 2.05) is 36.1 Å². The number of aromatic nitrogens is 3. The van der Waals surface area contributed by atoms with E-state index in [0.29, 0.717) is 18.0 Å². The first-order valence-corrected chi connectivity index (χ1v) is 9.10. The second kappa shape index (κ2) is 6.99. The highest BCUT2D eigenvalue weighted by Crippen LogP contribution is 2.32. The van der Waals surface area contributed by atoms with E-state index in [1.54, 1.807) is 0 Å². The van der Waals surface area contributed by atoms with Crippen LogP contribution in [0.25, 0.3) is 11.0 Å². The molecule has 1 saturated heterocycles. The number of amides is 2. The van der Waals surface area contributed by atoms with E-state index >= 15 is 0 Å². The fourth-order valence-electron chi connectivity index (χ4n) is 3.39. The van der Waals surface area contributed by atoms with Crippen molar-refractivity contribution in [1.29, 1.82) is 0 Å². The van der Waals surface area contributed by atoms with E-state index in [4.69, 9.17) is 16.1 Å². The predicted molar refractivity (Wildman–Crippen MR) is 98.1 cm³/mol. The molecule has 3 heterocycles. The van der Waals surface area contributed by atoms with Gasteiger partial charge in [-0.25, -0.2) is 9.78 Å². The van der Waals surface area contributed by atoms with Gasteiger partial charge >= 0.3 is 6.03 Å². The van der Waals surface area contributed by atoms with Gasteiger partial charge in [0.25, 0.3) is 0 Å². The van der Waals surface area contributed by atoms with E-state index in [2.05, 4.69) is 20.4 Å². The van der Waals surface area contributed by atoms with Crippen molar-refractivity contribution >= 4 is 28.7 Å². The fraction of sp³-hybridized carbons (Fsp3) is 0.389. The third kappa shape index (κ3) is 3.39. The number of hydrogen-bond donors (Lipinski definition) is 2. The molecule has 2 N–H and O–H groups in total. The second-order valence-corrected chi connectivity index (χ2v) is 6.99. The summed E-state index contributed by atoms with van der Waals surface area (Å²) in [5.41, 5.74) is 2.60. The first-order chi connectivity index (χ1) is 12.6. The van der Waals surface area contributed by atoms with Gasteiger partial charge in [-0.3, -0.25) is 0 Å². The number of carbonyl (C=O) groups is 1. The first-order valence-electron chi connectivity index (χ1n) is 8.72. The van der Waals surface area contributed by atoms with Crippen molar-refractivity contribution in [3.8, 4) is 0 Å². The maximum Gasteiger partial charge on any atom is 0.318 e. The van der Waals surface area contributed by atoms with Gasteiger partial charge in [-0.15, -0.1) is 0 Å². The highest BCUT2D eigenvalue weighted by molar-refractivity contribution is 6.31. The van der Waals surface area contributed by atoms with Gasteiger partial charge in [-0.05, 0) is 38.0 Å². The number of carbonyl (C=O) groups excluding carboxylic acids is 1. The molecule has 8 heteroatoms. The number of hydrogen-bond acceptors (Lipinski definition) is 4. The Morgan fingerprint density at radius 2 is 2.35 bits per heavy atom. The molecule has 1 aliphatic rings. The topological polar surface area (TPSA) is 87.0 Å². The number of H-pyrrole nitrogens is 1. The van der Waals surface area contributed by atoms with Crippen LogP contribution in [0, 0.1) is 6.92 Å². The zero-order valence-electron chi connectivity index (χ0n) is 14.5. The molecule has 0 unspecified atom stereocenters. The van der Waals surface area contributed by atoms with Crippen molar-refractivity contribution in [3.05, 3.63) is 46.6 Å². The predicted octanol–water partition coefficient (Wildman–Crippen LogP) is 3.60. The third-order valence-corrected chi connectivity index (χ3v) is 4.85. The number of benzene rings is 1. The van der Waals surface area contributed by atoms with Gasteiger partial charge in [0.1, 0.15) is 5.82 Å². The number of aryl methyl sites for hydroxylation is 1. The Balaban J connectivity index is 1.35. The van der Waals surface area contributed by atoms with Crippen LogP contribution in [0.5, 0.6) is 0 Å². The smallest absolute Gasteiger partial charge is 0.318 e. The standard InChI is InChI=1S/C18H20ClN5O2/c1-11-9-16(26-23-11)15-3-2-8-24(15)18(25)20-7-6-17-21-13-5-4-12(19)10-14(13)22-17/h4-5,9-10,15H,2-3,6-8H2,1H3,(H,20,25)(H,21,22)/t15-/m1/s1. The number of likely N-dealkylation sites (tertiary alicyclic amines) is 1. The molecule has 1 fully saturated rings. The summed E-state index contributed by atoms with van der Waals surface area (Å²) in [7, 11) is 0.